The van der Waals surface area contributed by atoms with E-state index in [2.05, 4.69) is 228 Å². The molecule has 11 aromatic rings. The van der Waals surface area contributed by atoms with Gasteiger partial charge in [-0.1, -0.05) is 146 Å². The van der Waals surface area contributed by atoms with Crippen molar-refractivity contribution in [3.8, 4) is 27.9 Å². The highest BCUT2D eigenvalue weighted by Crippen LogP contribution is 2.39. The van der Waals surface area contributed by atoms with E-state index in [0.717, 1.165) is 22.7 Å². The SMILES string of the molecule is c1ccc(N(c2ccc(-c3ccc4ccc(-n5c6ccccc6c6cc7ccccc7cc65)cc4c3)cc2)c2ccc(-c3cccc4ccccc34)cc2)cc1. The lowest BCUT2D eigenvalue weighted by Crippen LogP contribution is -2.09. The maximum absolute atomic E-state index is 2.42. The highest BCUT2D eigenvalue weighted by Gasteiger charge is 2.16. The zero-order valence-corrected chi connectivity index (χ0v) is 30.7. The summed E-state index contributed by atoms with van der Waals surface area (Å²) in [6, 6.07) is 79.4. The van der Waals surface area contributed by atoms with Gasteiger partial charge >= 0.3 is 0 Å². The number of hydrogen-bond acceptors (Lipinski definition) is 1. The van der Waals surface area contributed by atoms with Crippen molar-refractivity contribution in [1.29, 1.82) is 0 Å². The molecule has 2 heteroatoms. The summed E-state index contributed by atoms with van der Waals surface area (Å²) in [4.78, 5) is 2.33. The minimum atomic E-state index is 1.11. The van der Waals surface area contributed by atoms with Crippen LogP contribution < -0.4 is 4.90 Å². The van der Waals surface area contributed by atoms with Gasteiger partial charge in [-0.3, -0.25) is 0 Å². The van der Waals surface area contributed by atoms with Crippen LogP contribution in [0.15, 0.2) is 218 Å². The van der Waals surface area contributed by atoms with Crippen LogP contribution in [0, 0.1) is 0 Å². The Labute approximate surface area is 325 Å². The molecule has 1 heterocycles. The summed E-state index contributed by atoms with van der Waals surface area (Å²) < 4.78 is 2.42. The Morgan fingerprint density at radius 3 is 1.66 bits per heavy atom. The van der Waals surface area contributed by atoms with Crippen molar-refractivity contribution in [3.05, 3.63) is 218 Å². The lowest BCUT2D eigenvalue weighted by Gasteiger charge is -2.26. The van der Waals surface area contributed by atoms with E-state index in [0.29, 0.717) is 0 Å². The third-order valence-electron chi connectivity index (χ3n) is 11.3. The van der Waals surface area contributed by atoms with Crippen molar-refractivity contribution in [1.82, 2.24) is 4.57 Å². The maximum atomic E-state index is 2.42. The fraction of sp³-hybridized carbons (Fsp3) is 0. The summed E-state index contributed by atoms with van der Waals surface area (Å²) in [5, 5.41) is 10.0. The van der Waals surface area contributed by atoms with E-state index in [4.69, 9.17) is 0 Å². The standard InChI is InChI=1S/C54H36N2/c1-2-15-45(16-3-1)55(47-30-26-40(27-31-47)50-19-10-14-39-11-6-7-17-49(39)50)46-28-23-37(24-29-46)43-22-21-38-25-32-48(34-44(38)33-43)56-53-20-9-8-18-51(53)52-35-41-12-4-5-13-42(41)36-54(52)56/h1-36H. The Hall–Kier alpha value is -7.42. The van der Waals surface area contributed by atoms with Crippen molar-refractivity contribution in [2.75, 3.05) is 4.90 Å². The van der Waals surface area contributed by atoms with Crippen LogP contribution in [0.3, 0.4) is 0 Å². The number of fused-ring (bicyclic) bond motifs is 6. The highest BCUT2D eigenvalue weighted by molar-refractivity contribution is 6.13. The Bertz CT molecular complexity index is 3220. The van der Waals surface area contributed by atoms with Crippen molar-refractivity contribution in [2.24, 2.45) is 0 Å². The van der Waals surface area contributed by atoms with Crippen LogP contribution in [0.25, 0.3) is 82.1 Å². The van der Waals surface area contributed by atoms with Crippen LogP contribution in [-0.4, -0.2) is 4.57 Å². The van der Waals surface area contributed by atoms with E-state index in [1.807, 2.05) is 0 Å². The Balaban J connectivity index is 0.957. The van der Waals surface area contributed by atoms with Crippen LogP contribution in [0.2, 0.25) is 0 Å². The molecule has 0 fully saturated rings. The summed E-state index contributed by atoms with van der Waals surface area (Å²) in [5.74, 6) is 0. The number of aromatic nitrogens is 1. The Morgan fingerprint density at radius 2 is 0.875 bits per heavy atom. The average Bonchev–Trinajstić information content (AvgIpc) is 3.59. The average molecular weight is 713 g/mol. The van der Waals surface area contributed by atoms with Gasteiger partial charge in [0.05, 0.1) is 11.0 Å². The largest absolute Gasteiger partial charge is 0.311 e. The molecule has 0 saturated carbocycles. The first-order valence-corrected chi connectivity index (χ1v) is 19.3. The van der Waals surface area contributed by atoms with E-state index >= 15 is 0 Å². The topological polar surface area (TPSA) is 8.17 Å². The fourth-order valence-electron chi connectivity index (χ4n) is 8.58. The van der Waals surface area contributed by atoms with Gasteiger partial charge in [0.15, 0.2) is 0 Å². The lowest BCUT2D eigenvalue weighted by molar-refractivity contribution is 1.19. The fourth-order valence-corrected chi connectivity index (χ4v) is 8.58. The predicted molar refractivity (Wildman–Crippen MR) is 239 cm³/mol. The number of rotatable bonds is 6. The number of benzene rings is 10. The number of hydrogen-bond donors (Lipinski definition) is 0. The summed E-state index contributed by atoms with van der Waals surface area (Å²) in [6.07, 6.45) is 0. The third-order valence-corrected chi connectivity index (χ3v) is 11.3. The normalized spacial score (nSPS) is 11.6. The molecule has 0 amide bonds. The van der Waals surface area contributed by atoms with Gasteiger partial charge in [-0.25, -0.2) is 0 Å². The first kappa shape index (κ1) is 32.0. The van der Waals surface area contributed by atoms with Gasteiger partial charge in [-0.05, 0) is 127 Å². The van der Waals surface area contributed by atoms with E-state index in [9.17, 15) is 0 Å². The van der Waals surface area contributed by atoms with Crippen LogP contribution >= 0.6 is 0 Å². The molecule has 0 atom stereocenters. The summed E-state index contributed by atoms with van der Waals surface area (Å²) in [7, 11) is 0. The predicted octanol–water partition coefficient (Wildman–Crippen LogP) is 15.0. The number of anilines is 3. The molecule has 0 aliphatic carbocycles. The third kappa shape index (κ3) is 5.42. The van der Waals surface area contributed by atoms with Crippen molar-refractivity contribution in [2.45, 2.75) is 0 Å². The molecule has 1 aromatic heterocycles. The van der Waals surface area contributed by atoms with Gasteiger partial charge in [0.2, 0.25) is 0 Å². The van der Waals surface area contributed by atoms with E-state index in [1.54, 1.807) is 0 Å². The lowest BCUT2D eigenvalue weighted by atomic mass is 9.98. The molecule has 262 valence electrons. The molecule has 2 nitrogen and oxygen atoms in total. The van der Waals surface area contributed by atoms with Crippen LogP contribution in [-0.2, 0) is 0 Å². The zero-order valence-electron chi connectivity index (χ0n) is 30.7. The van der Waals surface area contributed by atoms with Crippen LogP contribution in [0.4, 0.5) is 17.1 Å². The van der Waals surface area contributed by atoms with Crippen LogP contribution in [0.5, 0.6) is 0 Å². The van der Waals surface area contributed by atoms with Crippen molar-refractivity contribution < 1.29 is 0 Å². The van der Waals surface area contributed by atoms with Gasteiger partial charge in [0, 0.05) is 33.5 Å². The maximum Gasteiger partial charge on any atom is 0.0547 e. The molecule has 0 aliphatic heterocycles. The molecule has 0 spiro atoms. The zero-order chi connectivity index (χ0) is 37.0. The minimum absolute atomic E-state index is 1.11. The second kappa shape index (κ2) is 13.2. The molecule has 0 bridgehead atoms. The highest BCUT2D eigenvalue weighted by atomic mass is 15.1. The molecule has 0 N–H and O–H groups in total. The molecular weight excluding hydrogens is 677 g/mol. The first-order chi connectivity index (χ1) is 27.7. The summed E-state index contributed by atoms with van der Waals surface area (Å²) in [6.45, 7) is 0. The molecule has 0 aliphatic rings. The molecule has 10 aromatic carbocycles. The van der Waals surface area contributed by atoms with Gasteiger partial charge in [-0.2, -0.15) is 0 Å². The second-order valence-electron chi connectivity index (χ2n) is 14.6. The van der Waals surface area contributed by atoms with E-state index in [-0.39, 0.29) is 0 Å². The second-order valence-corrected chi connectivity index (χ2v) is 14.6. The van der Waals surface area contributed by atoms with Gasteiger partial charge in [0.25, 0.3) is 0 Å². The molecular formula is C54H36N2. The summed E-state index contributed by atoms with van der Waals surface area (Å²) in [5.41, 5.74) is 11.8. The first-order valence-electron chi connectivity index (χ1n) is 19.3. The molecule has 0 radical (unpaired) electrons. The molecule has 11 rings (SSSR count). The van der Waals surface area contributed by atoms with Gasteiger partial charge in [-0.15, -0.1) is 0 Å². The minimum Gasteiger partial charge on any atom is -0.311 e. The Morgan fingerprint density at radius 1 is 0.286 bits per heavy atom. The number of nitrogens with zero attached hydrogens (tertiary/aromatic N) is 2. The number of para-hydroxylation sites is 2. The Kier molecular flexibility index (Phi) is 7.53. The molecule has 0 saturated heterocycles. The molecule has 56 heavy (non-hydrogen) atoms. The van der Waals surface area contributed by atoms with Crippen molar-refractivity contribution in [3.63, 3.8) is 0 Å². The van der Waals surface area contributed by atoms with Gasteiger partial charge in [0.1, 0.15) is 0 Å². The van der Waals surface area contributed by atoms with E-state index < -0.39 is 0 Å². The monoisotopic (exact) mass is 712 g/mol. The summed E-state index contributed by atoms with van der Waals surface area (Å²) >= 11 is 0. The van der Waals surface area contributed by atoms with Crippen LogP contribution in [0.1, 0.15) is 0 Å². The van der Waals surface area contributed by atoms with Gasteiger partial charge < -0.3 is 9.47 Å². The molecule has 0 unspecified atom stereocenters. The quantitative estimate of drug-likeness (QED) is 0.167. The van der Waals surface area contributed by atoms with E-state index in [1.165, 1.54) is 76.4 Å². The smallest absolute Gasteiger partial charge is 0.0547 e. The van der Waals surface area contributed by atoms with Crippen molar-refractivity contribution >= 4 is 71.2 Å².